The number of likely N-dealkylation sites (tertiary alicyclic amines) is 1. The van der Waals surface area contributed by atoms with Crippen molar-refractivity contribution in [2.75, 3.05) is 32.8 Å². The predicted molar refractivity (Wildman–Crippen MR) is 80.1 cm³/mol. The number of halogens is 3. The molecule has 134 valence electrons. The number of urea groups is 1. The summed E-state index contributed by atoms with van der Waals surface area (Å²) in [7, 11) is 0. The summed E-state index contributed by atoms with van der Waals surface area (Å²) in [5.74, 6) is 0.698. The van der Waals surface area contributed by atoms with Crippen molar-refractivity contribution in [2.45, 2.75) is 45.0 Å². The second-order valence-corrected chi connectivity index (χ2v) is 6.82. The van der Waals surface area contributed by atoms with Gasteiger partial charge in [-0.3, -0.25) is 4.90 Å². The lowest BCUT2D eigenvalue weighted by Crippen LogP contribution is -2.46. The molecule has 8 heteroatoms. The molecule has 0 aromatic heterocycles. The van der Waals surface area contributed by atoms with Crippen LogP contribution < -0.4 is 10.6 Å². The zero-order valence-corrected chi connectivity index (χ0v) is 13.7. The van der Waals surface area contributed by atoms with Crippen LogP contribution in [0.2, 0.25) is 0 Å². The maximum absolute atomic E-state index is 12.3. The van der Waals surface area contributed by atoms with Gasteiger partial charge in [-0.1, -0.05) is 13.8 Å². The van der Waals surface area contributed by atoms with E-state index in [-0.39, 0.29) is 24.7 Å². The zero-order valence-electron chi connectivity index (χ0n) is 13.7. The number of hydrogen-bond acceptors (Lipinski definition) is 3. The lowest BCUT2D eigenvalue weighted by atomic mass is 9.93. The van der Waals surface area contributed by atoms with Crippen LogP contribution in [0, 0.1) is 11.8 Å². The van der Waals surface area contributed by atoms with E-state index in [0.29, 0.717) is 38.0 Å². The van der Waals surface area contributed by atoms with Gasteiger partial charge in [-0.2, -0.15) is 13.2 Å². The maximum Gasteiger partial charge on any atom is 0.401 e. The summed E-state index contributed by atoms with van der Waals surface area (Å²) in [6.07, 6.45) is -2.56. The predicted octanol–water partition coefficient (Wildman–Crippen LogP) is 1.98. The average Bonchev–Trinajstić information content (AvgIpc) is 3.03. The average molecular weight is 337 g/mol. The molecule has 0 bridgehead atoms. The molecular formula is C15H26F3N3O2. The Bertz CT molecular complexity index is 404. The van der Waals surface area contributed by atoms with Crippen molar-refractivity contribution in [3.8, 4) is 0 Å². The summed E-state index contributed by atoms with van der Waals surface area (Å²) in [6.45, 7) is 5.12. The van der Waals surface area contributed by atoms with Gasteiger partial charge in [-0.05, 0) is 18.8 Å². The first-order valence-corrected chi connectivity index (χ1v) is 8.19. The third kappa shape index (κ3) is 5.84. The fraction of sp³-hybridized carbons (Fsp3) is 0.933. The Hall–Kier alpha value is -1.02. The number of carbonyl (C=O) groups excluding carboxylic acids is 1. The Balaban J connectivity index is 1.68. The molecule has 0 aromatic carbocycles. The Morgan fingerprint density at radius 2 is 2.09 bits per heavy atom. The third-order valence-corrected chi connectivity index (χ3v) is 4.46. The largest absolute Gasteiger partial charge is 0.401 e. The molecule has 5 nitrogen and oxygen atoms in total. The van der Waals surface area contributed by atoms with Crippen molar-refractivity contribution in [2.24, 2.45) is 11.8 Å². The number of nitrogens with one attached hydrogen (secondary N) is 2. The molecule has 0 spiro atoms. The highest BCUT2D eigenvalue weighted by molar-refractivity contribution is 5.74. The van der Waals surface area contributed by atoms with Crippen LogP contribution in [0.3, 0.4) is 0 Å². The molecule has 0 aliphatic carbocycles. The van der Waals surface area contributed by atoms with Crippen molar-refractivity contribution in [3.05, 3.63) is 0 Å². The summed E-state index contributed by atoms with van der Waals surface area (Å²) in [5.41, 5.74) is 0. The van der Waals surface area contributed by atoms with Crippen LogP contribution in [0.5, 0.6) is 0 Å². The molecule has 23 heavy (non-hydrogen) atoms. The molecule has 0 aromatic rings. The molecular weight excluding hydrogens is 311 g/mol. The number of alkyl halides is 3. The van der Waals surface area contributed by atoms with Crippen LogP contribution >= 0.6 is 0 Å². The molecule has 2 aliphatic rings. The Labute approximate surface area is 134 Å². The number of ether oxygens (including phenoxy) is 1. The highest BCUT2D eigenvalue weighted by Crippen LogP contribution is 2.26. The SMILES string of the molecule is CC(C)[C@@H]1OCC[C@@H]1CNC(=O)N[C@H]1CCN(CC(F)(F)F)C1. The standard InChI is InChI=1S/C15H26F3N3O2/c1-10(2)13-11(4-6-23-13)7-19-14(22)20-12-3-5-21(8-12)9-15(16,17)18/h10-13H,3-9H2,1-2H3,(H2,19,20,22)/t11-,12+,13+/m1/s1. The summed E-state index contributed by atoms with van der Waals surface area (Å²) >= 11 is 0. The second-order valence-electron chi connectivity index (χ2n) is 6.82. The first kappa shape index (κ1) is 18.3. The van der Waals surface area contributed by atoms with Gasteiger partial charge in [0.15, 0.2) is 0 Å². The molecule has 2 saturated heterocycles. The molecule has 2 amide bonds. The van der Waals surface area contributed by atoms with Crippen LogP contribution in [0.25, 0.3) is 0 Å². The molecule has 2 fully saturated rings. The fourth-order valence-corrected chi connectivity index (χ4v) is 3.42. The van der Waals surface area contributed by atoms with E-state index < -0.39 is 12.7 Å². The van der Waals surface area contributed by atoms with Gasteiger partial charge in [0.25, 0.3) is 0 Å². The molecule has 2 aliphatic heterocycles. The van der Waals surface area contributed by atoms with Crippen molar-refractivity contribution in [3.63, 3.8) is 0 Å². The van der Waals surface area contributed by atoms with Gasteiger partial charge in [0, 0.05) is 38.2 Å². The van der Waals surface area contributed by atoms with E-state index in [2.05, 4.69) is 24.5 Å². The number of nitrogens with zero attached hydrogens (tertiary/aromatic N) is 1. The Morgan fingerprint density at radius 3 is 2.74 bits per heavy atom. The van der Waals surface area contributed by atoms with Crippen LogP contribution in [0.15, 0.2) is 0 Å². The fourth-order valence-electron chi connectivity index (χ4n) is 3.42. The van der Waals surface area contributed by atoms with Crippen LogP contribution in [-0.2, 0) is 4.74 Å². The van der Waals surface area contributed by atoms with Gasteiger partial charge in [0.2, 0.25) is 0 Å². The molecule has 0 unspecified atom stereocenters. The lowest BCUT2D eigenvalue weighted by molar-refractivity contribution is -0.143. The van der Waals surface area contributed by atoms with E-state index >= 15 is 0 Å². The van der Waals surface area contributed by atoms with Crippen molar-refractivity contribution >= 4 is 6.03 Å². The summed E-state index contributed by atoms with van der Waals surface area (Å²) in [4.78, 5) is 13.2. The van der Waals surface area contributed by atoms with E-state index in [0.717, 1.165) is 6.42 Å². The smallest absolute Gasteiger partial charge is 0.378 e. The van der Waals surface area contributed by atoms with E-state index in [1.54, 1.807) is 0 Å². The molecule has 2 N–H and O–H groups in total. The Kier molecular flexibility index (Phi) is 6.13. The van der Waals surface area contributed by atoms with Gasteiger partial charge in [0.05, 0.1) is 12.6 Å². The van der Waals surface area contributed by atoms with Gasteiger partial charge in [0.1, 0.15) is 0 Å². The van der Waals surface area contributed by atoms with Crippen LogP contribution in [0.1, 0.15) is 26.7 Å². The third-order valence-electron chi connectivity index (χ3n) is 4.46. The van der Waals surface area contributed by atoms with Gasteiger partial charge in [-0.15, -0.1) is 0 Å². The van der Waals surface area contributed by atoms with E-state index in [4.69, 9.17) is 4.74 Å². The zero-order chi connectivity index (χ0) is 17.0. The monoisotopic (exact) mass is 337 g/mol. The first-order chi connectivity index (χ1) is 10.7. The number of rotatable bonds is 5. The van der Waals surface area contributed by atoms with Gasteiger partial charge >= 0.3 is 12.2 Å². The topological polar surface area (TPSA) is 53.6 Å². The molecule has 0 radical (unpaired) electrons. The van der Waals surface area contributed by atoms with Crippen molar-refractivity contribution < 1.29 is 22.7 Å². The van der Waals surface area contributed by atoms with Crippen molar-refractivity contribution in [1.29, 1.82) is 0 Å². The summed E-state index contributed by atoms with van der Waals surface area (Å²) < 4.78 is 42.7. The number of amides is 2. The molecule has 2 heterocycles. The van der Waals surface area contributed by atoms with E-state index in [1.807, 2.05) is 0 Å². The number of carbonyl (C=O) groups is 1. The molecule has 2 rings (SSSR count). The van der Waals surface area contributed by atoms with Crippen molar-refractivity contribution in [1.82, 2.24) is 15.5 Å². The quantitative estimate of drug-likeness (QED) is 0.807. The van der Waals surface area contributed by atoms with Crippen LogP contribution in [0.4, 0.5) is 18.0 Å². The second kappa shape index (κ2) is 7.70. The van der Waals surface area contributed by atoms with E-state index in [9.17, 15) is 18.0 Å². The Morgan fingerprint density at radius 1 is 1.35 bits per heavy atom. The summed E-state index contributed by atoms with van der Waals surface area (Å²) in [6, 6.07) is -0.531. The highest BCUT2D eigenvalue weighted by Gasteiger charge is 2.35. The first-order valence-electron chi connectivity index (χ1n) is 8.19. The van der Waals surface area contributed by atoms with Crippen LogP contribution in [-0.4, -0.2) is 62.0 Å². The van der Waals surface area contributed by atoms with E-state index in [1.165, 1.54) is 4.90 Å². The van der Waals surface area contributed by atoms with Gasteiger partial charge in [-0.25, -0.2) is 4.79 Å². The molecule has 3 atom stereocenters. The minimum Gasteiger partial charge on any atom is -0.378 e. The lowest BCUT2D eigenvalue weighted by Gasteiger charge is -2.23. The molecule has 0 saturated carbocycles. The maximum atomic E-state index is 12.3. The normalized spacial score (nSPS) is 29.2. The number of hydrogen-bond donors (Lipinski definition) is 2. The highest BCUT2D eigenvalue weighted by atomic mass is 19.4. The minimum absolute atomic E-state index is 0.157. The minimum atomic E-state index is -4.19. The van der Waals surface area contributed by atoms with Gasteiger partial charge < -0.3 is 15.4 Å². The summed E-state index contributed by atoms with van der Waals surface area (Å²) in [5, 5.41) is 5.59.